The molecule has 118 valence electrons. The zero-order chi connectivity index (χ0) is 15.5. The number of ether oxygens (including phenoxy) is 1. The summed E-state index contributed by atoms with van der Waals surface area (Å²) in [6.45, 7) is 5.97. The highest BCUT2D eigenvalue weighted by molar-refractivity contribution is 7.89. The van der Waals surface area contributed by atoms with E-state index in [1.807, 2.05) is 14.0 Å². The minimum absolute atomic E-state index is 0.0663. The summed E-state index contributed by atoms with van der Waals surface area (Å²) in [6, 6.07) is 6.75. The minimum Gasteiger partial charge on any atom is -0.492 e. The van der Waals surface area contributed by atoms with Crippen molar-refractivity contribution in [3.63, 3.8) is 0 Å². The molecule has 1 aliphatic heterocycles. The summed E-state index contributed by atoms with van der Waals surface area (Å²) in [5.74, 6) is 1.10. The molecule has 0 aliphatic carbocycles. The van der Waals surface area contributed by atoms with Gasteiger partial charge in [0.25, 0.3) is 0 Å². The Kier molecular flexibility index (Phi) is 5.24. The summed E-state index contributed by atoms with van der Waals surface area (Å²) in [5.41, 5.74) is 0. The molecule has 6 heteroatoms. The van der Waals surface area contributed by atoms with Crippen LogP contribution in [0.5, 0.6) is 5.75 Å². The first-order valence-electron chi connectivity index (χ1n) is 7.34. The smallest absolute Gasteiger partial charge is 0.243 e. The first kappa shape index (κ1) is 16.3. The number of hydrogen-bond donors (Lipinski definition) is 1. The molecule has 2 rings (SSSR count). The van der Waals surface area contributed by atoms with Crippen molar-refractivity contribution in [2.24, 2.45) is 5.92 Å². The molecule has 0 aromatic heterocycles. The molecule has 0 bridgehead atoms. The molecule has 0 saturated carbocycles. The van der Waals surface area contributed by atoms with E-state index < -0.39 is 10.0 Å². The lowest BCUT2D eigenvalue weighted by Crippen LogP contribution is -2.33. The lowest BCUT2D eigenvalue weighted by Gasteiger charge is -2.21. The van der Waals surface area contributed by atoms with Crippen LogP contribution < -0.4 is 10.1 Å². The van der Waals surface area contributed by atoms with Crippen molar-refractivity contribution in [3.8, 4) is 5.75 Å². The van der Waals surface area contributed by atoms with E-state index in [0.717, 1.165) is 13.0 Å². The fourth-order valence-electron chi connectivity index (χ4n) is 2.71. The Morgan fingerprint density at radius 2 is 1.95 bits per heavy atom. The van der Waals surface area contributed by atoms with Gasteiger partial charge in [-0.3, -0.25) is 0 Å². The third kappa shape index (κ3) is 3.75. The average molecular weight is 312 g/mol. The Morgan fingerprint density at radius 3 is 2.48 bits per heavy atom. The van der Waals surface area contributed by atoms with Gasteiger partial charge in [0.1, 0.15) is 12.4 Å². The molecule has 1 aromatic rings. The van der Waals surface area contributed by atoms with Crippen LogP contribution >= 0.6 is 0 Å². The summed E-state index contributed by atoms with van der Waals surface area (Å²) < 4.78 is 32.4. The second-order valence-electron chi connectivity index (χ2n) is 5.69. The fraction of sp³-hybridized carbons (Fsp3) is 0.600. The molecule has 21 heavy (non-hydrogen) atoms. The molecule has 1 fully saturated rings. The van der Waals surface area contributed by atoms with Gasteiger partial charge in [-0.05, 0) is 50.6 Å². The molecule has 1 aliphatic rings. The maximum absolute atomic E-state index is 12.6. The van der Waals surface area contributed by atoms with Gasteiger partial charge in [-0.25, -0.2) is 8.42 Å². The summed E-state index contributed by atoms with van der Waals surface area (Å²) >= 11 is 0. The second-order valence-corrected chi connectivity index (χ2v) is 7.58. The van der Waals surface area contributed by atoms with E-state index in [9.17, 15) is 8.42 Å². The van der Waals surface area contributed by atoms with Gasteiger partial charge >= 0.3 is 0 Å². The van der Waals surface area contributed by atoms with Crippen molar-refractivity contribution in [2.45, 2.75) is 31.2 Å². The summed E-state index contributed by atoms with van der Waals surface area (Å²) in [6.07, 6.45) is 0.921. The predicted octanol–water partition coefficient (Wildman–Crippen LogP) is 1.70. The van der Waals surface area contributed by atoms with E-state index in [0.29, 0.717) is 29.7 Å². The van der Waals surface area contributed by atoms with Crippen LogP contribution in [0.4, 0.5) is 0 Å². The standard InChI is InChI=1S/C15H24N2O3S/c1-12-10-13(2)17(11-12)21(18,19)15-6-4-14(5-7-15)20-9-8-16-3/h4-7,12-13,16H,8-11H2,1-3H3. The molecule has 2 atom stereocenters. The number of benzene rings is 1. The van der Waals surface area contributed by atoms with Crippen molar-refractivity contribution < 1.29 is 13.2 Å². The monoisotopic (exact) mass is 312 g/mol. The zero-order valence-corrected chi connectivity index (χ0v) is 13.7. The van der Waals surface area contributed by atoms with E-state index in [2.05, 4.69) is 12.2 Å². The Balaban J connectivity index is 2.10. The highest BCUT2D eigenvalue weighted by atomic mass is 32.2. The molecule has 5 nitrogen and oxygen atoms in total. The van der Waals surface area contributed by atoms with E-state index >= 15 is 0 Å². The van der Waals surface area contributed by atoms with Crippen LogP contribution in [0.25, 0.3) is 0 Å². The van der Waals surface area contributed by atoms with E-state index in [1.165, 1.54) is 0 Å². The van der Waals surface area contributed by atoms with Gasteiger partial charge in [0, 0.05) is 19.1 Å². The van der Waals surface area contributed by atoms with Crippen LogP contribution in [0.3, 0.4) is 0 Å². The van der Waals surface area contributed by atoms with Gasteiger partial charge in [-0.15, -0.1) is 0 Å². The predicted molar refractivity (Wildman–Crippen MR) is 83.0 cm³/mol. The second kappa shape index (κ2) is 6.77. The lowest BCUT2D eigenvalue weighted by atomic mass is 10.1. The maximum Gasteiger partial charge on any atom is 0.243 e. The molecule has 1 saturated heterocycles. The third-order valence-electron chi connectivity index (χ3n) is 3.78. The van der Waals surface area contributed by atoms with Crippen molar-refractivity contribution in [1.82, 2.24) is 9.62 Å². The Labute approximate surface area is 127 Å². The normalized spacial score (nSPS) is 23.4. The van der Waals surface area contributed by atoms with Crippen molar-refractivity contribution in [3.05, 3.63) is 24.3 Å². The van der Waals surface area contributed by atoms with Gasteiger partial charge in [-0.2, -0.15) is 4.31 Å². The number of nitrogens with one attached hydrogen (secondary N) is 1. The highest BCUT2D eigenvalue weighted by Crippen LogP contribution is 2.29. The average Bonchev–Trinajstić information content (AvgIpc) is 2.79. The Hall–Kier alpha value is -1.11. The van der Waals surface area contributed by atoms with Gasteiger partial charge in [-0.1, -0.05) is 6.92 Å². The Bertz CT molecular complexity index is 557. The van der Waals surface area contributed by atoms with Crippen molar-refractivity contribution >= 4 is 10.0 Å². The Morgan fingerprint density at radius 1 is 1.29 bits per heavy atom. The molecule has 0 radical (unpaired) electrons. The first-order chi connectivity index (χ1) is 9.95. The number of likely N-dealkylation sites (N-methyl/N-ethyl adjacent to an activating group) is 1. The number of sulfonamides is 1. The minimum atomic E-state index is -3.40. The maximum atomic E-state index is 12.6. The van der Waals surface area contributed by atoms with Crippen LogP contribution in [0.2, 0.25) is 0 Å². The number of hydrogen-bond acceptors (Lipinski definition) is 4. The molecule has 1 N–H and O–H groups in total. The summed E-state index contributed by atoms with van der Waals surface area (Å²) in [5, 5.41) is 2.99. The van der Waals surface area contributed by atoms with Crippen LogP contribution in [-0.2, 0) is 10.0 Å². The molecule has 2 unspecified atom stereocenters. The van der Waals surface area contributed by atoms with Crippen LogP contribution in [0.15, 0.2) is 29.2 Å². The van der Waals surface area contributed by atoms with E-state index in [1.54, 1.807) is 28.6 Å². The molecular formula is C15H24N2O3S. The highest BCUT2D eigenvalue weighted by Gasteiger charge is 2.35. The molecule has 0 amide bonds. The van der Waals surface area contributed by atoms with E-state index in [4.69, 9.17) is 4.74 Å². The quantitative estimate of drug-likeness (QED) is 0.812. The third-order valence-corrected chi connectivity index (χ3v) is 5.77. The van der Waals surface area contributed by atoms with Crippen LogP contribution in [0.1, 0.15) is 20.3 Å². The molecular weight excluding hydrogens is 288 g/mol. The summed E-state index contributed by atoms with van der Waals surface area (Å²) in [7, 11) is -1.54. The van der Waals surface area contributed by atoms with Gasteiger partial charge in [0.05, 0.1) is 4.90 Å². The zero-order valence-electron chi connectivity index (χ0n) is 12.9. The topological polar surface area (TPSA) is 58.6 Å². The van der Waals surface area contributed by atoms with Crippen molar-refractivity contribution in [2.75, 3.05) is 26.7 Å². The first-order valence-corrected chi connectivity index (χ1v) is 8.78. The van der Waals surface area contributed by atoms with Crippen LogP contribution in [-0.4, -0.2) is 45.5 Å². The fourth-order valence-corrected chi connectivity index (χ4v) is 4.47. The number of nitrogens with zero attached hydrogens (tertiary/aromatic N) is 1. The van der Waals surface area contributed by atoms with Crippen molar-refractivity contribution in [1.29, 1.82) is 0 Å². The van der Waals surface area contributed by atoms with Gasteiger partial charge < -0.3 is 10.1 Å². The molecule has 0 spiro atoms. The largest absolute Gasteiger partial charge is 0.492 e. The van der Waals surface area contributed by atoms with Crippen LogP contribution in [0, 0.1) is 5.92 Å². The summed E-state index contributed by atoms with van der Waals surface area (Å²) in [4.78, 5) is 0.337. The van der Waals surface area contributed by atoms with E-state index in [-0.39, 0.29) is 6.04 Å². The molecule has 1 aromatic carbocycles. The lowest BCUT2D eigenvalue weighted by molar-refractivity contribution is 0.318. The number of rotatable bonds is 6. The molecule has 1 heterocycles. The van der Waals surface area contributed by atoms with Gasteiger partial charge in [0.2, 0.25) is 10.0 Å². The van der Waals surface area contributed by atoms with Gasteiger partial charge in [0.15, 0.2) is 0 Å². The SMILES string of the molecule is CNCCOc1ccc(S(=O)(=O)N2CC(C)CC2C)cc1.